The summed E-state index contributed by atoms with van der Waals surface area (Å²) >= 11 is 1.73. The van der Waals surface area contributed by atoms with Gasteiger partial charge in [-0.3, -0.25) is 4.99 Å². The molecule has 0 spiro atoms. The quantitative estimate of drug-likeness (QED) is 0.346. The lowest BCUT2D eigenvalue weighted by Crippen LogP contribution is -2.39. The second-order valence-corrected chi connectivity index (χ2v) is 7.95. The van der Waals surface area contributed by atoms with Crippen molar-refractivity contribution in [2.45, 2.75) is 39.5 Å². The van der Waals surface area contributed by atoms with Crippen molar-refractivity contribution < 1.29 is 4.39 Å². The molecule has 0 amide bonds. The van der Waals surface area contributed by atoms with Gasteiger partial charge in [-0.25, -0.2) is 9.37 Å². The number of aromatic nitrogens is 1. The molecule has 0 saturated heterocycles. The van der Waals surface area contributed by atoms with Crippen molar-refractivity contribution in [3.05, 3.63) is 51.7 Å². The second kappa shape index (κ2) is 10.8. The third-order valence-electron chi connectivity index (χ3n) is 3.90. The number of nitrogens with one attached hydrogen (secondary N) is 2. The molecule has 144 valence electrons. The highest BCUT2D eigenvalue weighted by atomic mass is 127. The van der Waals surface area contributed by atoms with Crippen LogP contribution in [-0.4, -0.2) is 30.6 Å². The van der Waals surface area contributed by atoms with Crippen molar-refractivity contribution >= 4 is 41.3 Å². The van der Waals surface area contributed by atoms with Gasteiger partial charge in [0.1, 0.15) is 5.82 Å². The fraction of sp³-hybridized carbons (Fsp3) is 0.474. The van der Waals surface area contributed by atoms with Gasteiger partial charge in [-0.05, 0) is 31.5 Å². The maximum absolute atomic E-state index is 13.1. The summed E-state index contributed by atoms with van der Waals surface area (Å²) in [5, 5.41) is 7.76. The summed E-state index contributed by atoms with van der Waals surface area (Å²) in [6.45, 7) is 10.6. The zero-order valence-corrected chi connectivity index (χ0v) is 19.0. The average molecular weight is 490 g/mol. The zero-order valence-electron chi connectivity index (χ0n) is 15.8. The van der Waals surface area contributed by atoms with Gasteiger partial charge >= 0.3 is 0 Å². The first-order valence-electron chi connectivity index (χ1n) is 8.60. The summed E-state index contributed by atoms with van der Waals surface area (Å²) in [5.74, 6) is 0.585. The Kier molecular flexibility index (Phi) is 9.49. The molecule has 0 atom stereocenters. The Bertz CT molecular complexity index is 698. The van der Waals surface area contributed by atoms with Gasteiger partial charge in [0.2, 0.25) is 0 Å². The third kappa shape index (κ3) is 7.19. The van der Waals surface area contributed by atoms with E-state index in [1.54, 1.807) is 11.3 Å². The number of aliphatic imine (C=N–C) groups is 1. The van der Waals surface area contributed by atoms with Crippen LogP contribution in [0.2, 0.25) is 0 Å². The Morgan fingerprint density at radius 2 is 1.92 bits per heavy atom. The number of aryl methyl sites for hydroxylation is 1. The number of benzene rings is 1. The first kappa shape index (κ1) is 22.8. The molecule has 0 aliphatic carbocycles. The number of nitrogens with zero attached hydrogens (tertiary/aromatic N) is 2. The Balaban J connectivity index is 0.00000338. The molecule has 0 radical (unpaired) electrons. The smallest absolute Gasteiger partial charge is 0.191 e. The molecule has 1 aromatic carbocycles. The third-order valence-corrected chi connectivity index (χ3v) is 4.88. The van der Waals surface area contributed by atoms with Gasteiger partial charge in [0.05, 0.1) is 11.6 Å². The van der Waals surface area contributed by atoms with Crippen molar-refractivity contribution in [2.24, 2.45) is 4.99 Å². The minimum absolute atomic E-state index is 0. The van der Waals surface area contributed by atoms with Crippen LogP contribution < -0.4 is 10.6 Å². The topological polar surface area (TPSA) is 49.3 Å². The molecule has 26 heavy (non-hydrogen) atoms. The number of hydrogen-bond acceptors (Lipinski definition) is 3. The molecule has 2 rings (SSSR count). The summed E-state index contributed by atoms with van der Waals surface area (Å²) in [7, 11) is 0. The van der Waals surface area contributed by atoms with Crippen molar-refractivity contribution in [1.82, 2.24) is 15.6 Å². The Labute approximate surface area is 176 Å². The zero-order chi connectivity index (χ0) is 18.3. The van der Waals surface area contributed by atoms with E-state index in [1.165, 1.54) is 17.0 Å². The van der Waals surface area contributed by atoms with E-state index in [2.05, 4.69) is 36.4 Å². The molecule has 0 unspecified atom stereocenters. The molecule has 0 fully saturated rings. The van der Waals surface area contributed by atoms with Crippen molar-refractivity contribution in [3.8, 4) is 0 Å². The molecule has 2 aromatic rings. The maximum atomic E-state index is 13.1. The lowest BCUT2D eigenvalue weighted by Gasteiger charge is -2.24. The first-order valence-corrected chi connectivity index (χ1v) is 9.42. The molecule has 4 nitrogen and oxygen atoms in total. The van der Waals surface area contributed by atoms with Gasteiger partial charge in [-0.15, -0.1) is 35.3 Å². The Morgan fingerprint density at radius 3 is 2.50 bits per heavy atom. The minimum atomic E-state index is -0.213. The number of hydrogen-bond donors (Lipinski definition) is 2. The van der Waals surface area contributed by atoms with Crippen LogP contribution in [0.25, 0.3) is 0 Å². The fourth-order valence-corrected chi connectivity index (χ4v) is 3.20. The Morgan fingerprint density at radius 1 is 1.23 bits per heavy atom. The van der Waals surface area contributed by atoms with Crippen LogP contribution in [0, 0.1) is 12.7 Å². The van der Waals surface area contributed by atoms with Crippen LogP contribution in [0.3, 0.4) is 0 Å². The molecule has 0 aliphatic rings. The predicted octanol–water partition coefficient (Wildman–Crippen LogP) is 4.28. The molecule has 1 heterocycles. The largest absolute Gasteiger partial charge is 0.357 e. The number of rotatable bonds is 7. The van der Waals surface area contributed by atoms with Gasteiger partial charge in [-0.2, -0.15) is 0 Å². The monoisotopic (exact) mass is 490 g/mol. The van der Waals surface area contributed by atoms with Crippen LogP contribution in [0.1, 0.15) is 36.2 Å². The Hall–Kier alpha value is -1.22. The molecule has 7 heteroatoms. The highest BCUT2D eigenvalue weighted by Gasteiger charge is 2.20. The highest BCUT2D eigenvalue weighted by Crippen LogP contribution is 2.23. The van der Waals surface area contributed by atoms with E-state index in [0.717, 1.165) is 36.0 Å². The van der Waals surface area contributed by atoms with Crippen LogP contribution in [0.5, 0.6) is 0 Å². The summed E-state index contributed by atoms with van der Waals surface area (Å²) < 4.78 is 13.1. The molecule has 0 bridgehead atoms. The van der Waals surface area contributed by atoms with Crippen LogP contribution in [0.15, 0.2) is 35.5 Å². The predicted molar refractivity (Wildman–Crippen MR) is 119 cm³/mol. The van der Waals surface area contributed by atoms with Gasteiger partial charge in [0.15, 0.2) is 5.96 Å². The number of halogens is 2. The lowest BCUT2D eigenvalue weighted by molar-refractivity contribution is 0.534. The van der Waals surface area contributed by atoms with E-state index in [-0.39, 0.29) is 35.2 Å². The molecule has 0 saturated carbocycles. The molecular weight excluding hydrogens is 462 g/mol. The van der Waals surface area contributed by atoms with Gasteiger partial charge < -0.3 is 10.6 Å². The summed E-state index contributed by atoms with van der Waals surface area (Å²) in [6, 6.07) is 6.66. The van der Waals surface area contributed by atoms with Crippen molar-refractivity contribution in [3.63, 3.8) is 0 Å². The fourth-order valence-electron chi connectivity index (χ4n) is 2.42. The van der Waals surface area contributed by atoms with E-state index >= 15 is 0 Å². The van der Waals surface area contributed by atoms with E-state index < -0.39 is 0 Å². The maximum Gasteiger partial charge on any atom is 0.191 e. The lowest BCUT2D eigenvalue weighted by atomic mass is 9.85. The summed E-state index contributed by atoms with van der Waals surface area (Å²) in [5.41, 5.74) is 0.911. The molecule has 0 aliphatic heterocycles. The van der Waals surface area contributed by atoms with E-state index in [0.29, 0.717) is 6.54 Å². The normalized spacial score (nSPS) is 11.8. The minimum Gasteiger partial charge on any atom is -0.357 e. The van der Waals surface area contributed by atoms with E-state index in [4.69, 9.17) is 4.99 Å². The summed E-state index contributed by atoms with van der Waals surface area (Å²) in [4.78, 5) is 10.3. The van der Waals surface area contributed by atoms with E-state index in [9.17, 15) is 4.39 Å². The second-order valence-electron chi connectivity index (χ2n) is 6.63. The average Bonchev–Trinajstić information content (AvgIpc) is 2.98. The molecular formula is C19H28FIN4S. The summed E-state index contributed by atoms with van der Waals surface area (Å²) in [6.07, 6.45) is 2.79. The molecule has 2 N–H and O–H groups in total. The number of guanidine groups is 1. The van der Waals surface area contributed by atoms with Crippen molar-refractivity contribution in [2.75, 3.05) is 19.6 Å². The van der Waals surface area contributed by atoms with Crippen LogP contribution in [-0.2, 0) is 11.8 Å². The van der Waals surface area contributed by atoms with Gasteiger partial charge in [-0.1, -0.05) is 26.0 Å². The van der Waals surface area contributed by atoms with E-state index in [1.807, 2.05) is 25.3 Å². The van der Waals surface area contributed by atoms with Crippen molar-refractivity contribution in [1.29, 1.82) is 0 Å². The standard InChI is InChI=1S/C19H27FN4S.HI/c1-5-21-18(22-11-10-17-23-12-14(2)25-17)24-13-19(3,4)15-6-8-16(20)9-7-15;/h6-9,12H,5,10-11,13H2,1-4H3,(H2,21,22,24);1H. The highest BCUT2D eigenvalue weighted by molar-refractivity contribution is 14.0. The first-order chi connectivity index (χ1) is 11.9. The van der Waals surface area contributed by atoms with Gasteiger partial charge in [0.25, 0.3) is 0 Å². The molecule has 1 aromatic heterocycles. The number of thiazole rings is 1. The SMILES string of the molecule is CCNC(=NCC(C)(C)c1ccc(F)cc1)NCCc1ncc(C)s1.I. The van der Waals surface area contributed by atoms with Gasteiger partial charge in [0, 0.05) is 36.0 Å². The van der Waals surface area contributed by atoms with Crippen LogP contribution >= 0.6 is 35.3 Å². The van der Waals surface area contributed by atoms with Crippen LogP contribution in [0.4, 0.5) is 4.39 Å².